The molecule has 0 aromatic carbocycles. The Morgan fingerprint density at radius 1 is 1.21 bits per heavy atom. The second-order valence-electron chi connectivity index (χ2n) is 2.78. The Kier molecular flexibility index (Phi) is 2.44. The first-order chi connectivity index (χ1) is 6.66. The summed E-state index contributed by atoms with van der Waals surface area (Å²) in [4.78, 5) is 0. The van der Waals surface area contributed by atoms with Crippen molar-refractivity contribution in [2.24, 2.45) is 0 Å². The number of aromatic nitrogens is 2. The molecule has 2 rings (SSSR count). The summed E-state index contributed by atoms with van der Waals surface area (Å²) in [5, 5.41) is 8.11. The van der Waals surface area contributed by atoms with E-state index in [9.17, 15) is 0 Å². The third-order valence-corrected chi connectivity index (χ3v) is 2.36. The predicted molar refractivity (Wildman–Crippen MR) is 54.5 cm³/mol. The Hall–Kier alpha value is -1.06. The van der Waals surface area contributed by atoms with Gasteiger partial charge in [-0.05, 0) is 25.1 Å². The molecule has 0 aliphatic heterocycles. The van der Waals surface area contributed by atoms with Crippen LogP contribution in [0.1, 0.15) is 5.76 Å². The van der Waals surface area contributed by atoms with Gasteiger partial charge in [-0.25, -0.2) is 0 Å². The topological polar surface area (TPSA) is 38.9 Å². The molecule has 5 heteroatoms. The van der Waals surface area contributed by atoms with E-state index in [2.05, 4.69) is 10.2 Å². The van der Waals surface area contributed by atoms with Gasteiger partial charge in [0.05, 0.1) is 5.02 Å². The van der Waals surface area contributed by atoms with Crippen molar-refractivity contribution in [3.8, 4) is 11.5 Å². The number of nitrogens with zero attached hydrogens (tertiary/aromatic N) is 2. The van der Waals surface area contributed by atoms with Gasteiger partial charge in [0, 0.05) is 0 Å². The van der Waals surface area contributed by atoms with Gasteiger partial charge in [-0.3, -0.25) is 0 Å². The molecule has 0 fully saturated rings. The van der Waals surface area contributed by atoms with Gasteiger partial charge in [0.1, 0.15) is 11.5 Å². The van der Waals surface area contributed by atoms with Gasteiger partial charge in [-0.2, -0.15) is 0 Å². The van der Waals surface area contributed by atoms with Crippen LogP contribution in [0.3, 0.4) is 0 Å². The first-order valence-corrected chi connectivity index (χ1v) is 4.68. The molecular weight excluding hydrogens is 223 g/mol. The zero-order valence-corrected chi connectivity index (χ0v) is 8.80. The van der Waals surface area contributed by atoms with E-state index in [-0.39, 0.29) is 5.15 Å². The molecule has 0 amide bonds. The van der Waals surface area contributed by atoms with E-state index in [0.717, 1.165) is 5.76 Å². The number of halogens is 2. The summed E-state index contributed by atoms with van der Waals surface area (Å²) in [6.45, 7) is 1.86. The monoisotopic (exact) mass is 228 g/mol. The highest BCUT2D eigenvalue weighted by Gasteiger charge is 2.07. The summed E-state index contributed by atoms with van der Waals surface area (Å²) in [6.07, 6.45) is 0. The van der Waals surface area contributed by atoms with Crippen molar-refractivity contribution in [1.29, 1.82) is 0 Å². The van der Waals surface area contributed by atoms with Crippen molar-refractivity contribution in [1.82, 2.24) is 10.2 Å². The van der Waals surface area contributed by atoms with E-state index in [1.165, 1.54) is 0 Å². The Labute approximate surface area is 90.7 Å². The number of rotatable bonds is 1. The van der Waals surface area contributed by atoms with Crippen LogP contribution in [-0.4, -0.2) is 10.2 Å². The molecule has 0 N–H and O–H groups in total. The summed E-state index contributed by atoms with van der Waals surface area (Å²) in [7, 11) is 0. The molecule has 14 heavy (non-hydrogen) atoms. The molecule has 0 saturated carbocycles. The van der Waals surface area contributed by atoms with Crippen molar-refractivity contribution >= 4 is 23.2 Å². The lowest BCUT2D eigenvalue weighted by Crippen LogP contribution is -1.87. The van der Waals surface area contributed by atoms with Gasteiger partial charge in [0.2, 0.25) is 0 Å². The molecule has 0 spiro atoms. The normalized spacial score (nSPS) is 10.5. The van der Waals surface area contributed by atoms with Gasteiger partial charge in [0.15, 0.2) is 10.9 Å². The van der Waals surface area contributed by atoms with Gasteiger partial charge < -0.3 is 4.42 Å². The minimum absolute atomic E-state index is 0.193. The van der Waals surface area contributed by atoms with Gasteiger partial charge in [0.25, 0.3) is 0 Å². The lowest BCUT2D eigenvalue weighted by Gasteiger charge is -1.96. The highest BCUT2D eigenvalue weighted by Crippen LogP contribution is 2.25. The molecule has 0 unspecified atom stereocenters. The van der Waals surface area contributed by atoms with E-state index in [0.29, 0.717) is 16.5 Å². The van der Waals surface area contributed by atoms with Gasteiger partial charge in [-0.15, -0.1) is 10.2 Å². The second kappa shape index (κ2) is 3.59. The van der Waals surface area contributed by atoms with E-state index in [1.54, 1.807) is 6.07 Å². The number of furan rings is 1. The second-order valence-corrected chi connectivity index (χ2v) is 3.54. The first-order valence-electron chi connectivity index (χ1n) is 3.92. The molecule has 0 bridgehead atoms. The summed E-state index contributed by atoms with van der Waals surface area (Å²) >= 11 is 11.4. The fourth-order valence-electron chi connectivity index (χ4n) is 1.05. The van der Waals surface area contributed by atoms with Crippen LogP contribution in [0.2, 0.25) is 10.2 Å². The zero-order chi connectivity index (χ0) is 10.1. The van der Waals surface area contributed by atoms with E-state index in [4.69, 9.17) is 27.6 Å². The molecule has 2 aromatic rings. The van der Waals surface area contributed by atoms with Crippen LogP contribution in [0.15, 0.2) is 22.6 Å². The minimum atomic E-state index is 0.193. The third-order valence-electron chi connectivity index (χ3n) is 1.70. The number of hydrogen-bond donors (Lipinski definition) is 0. The lowest BCUT2D eigenvalue weighted by molar-refractivity contribution is 0.545. The molecule has 0 atom stereocenters. The van der Waals surface area contributed by atoms with Crippen molar-refractivity contribution in [2.75, 3.05) is 0 Å². The standard InChI is InChI=1S/C9H6Cl2N2O/c1-5-2-3-8(14-5)7-4-6(10)9(11)13-12-7/h2-4H,1H3. The van der Waals surface area contributed by atoms with Crippen LogP contribution in [0.5, 0.6) is 0 Å². The number of hydrogen-bond acceptors (Lipinski definition) is 3. The van der Waals surface area contributed by atoms with Crippen molar-refractivity contribution < 1.29 is 4.42 Å². The largest absolute Gasteiger partial charge is 0.460 e. The maximum Gasteiger partial charge on any atom is 0.170 e. The van der Waals surface area contributed by atoms with Crippen LogP contribution < -0.4 is 0 Å². The quantitative estimate of drug-likeness (QED) is 0.752. The number of aryl methyl sites for hydroxylation is 1. The van der Waals surface area contributed by atoms with E-state index in [1.807, 2.05) is 19.1 Å². The Morgan fingerprint density at radius 3 is 2.57 bits per heavy atom. The van der Waals surface area contributed by atoms with Crippen LogP contribution in [-0.2, 0) is 0 Å². The molecule has 0 aliphatic carbocycles. The average Bonchev–Trinajstić information content (AvgIpc) is 2.57. The Balaban J connectivity index is 2.47. The highest BCUT2D eigenvalue weighted by atomic mass is 35.5. The molecule has 0 saturated heterocycles. The maximum atomic E-state index is 5.79. The summed E-state index contributed by atoms with van der Waals surface area (Å²) in [6, 6.07) is 5.28. The smallest absolute Gasteiger partial charge is 0.170 e. The Bertz CT molecular complexity index is 468. The molecular formula is C9H6Cl2N2O. The fourth-order valence-corrected chi connectivity index (χ4v) is 1.28. The summed E-state index contributed by atoms with van der Waals surface area (Å²) in [5.74, 6) is 1.45. The molecule has 0 aliphatic rings. The van der Waals surface area contributed by atoms with Crippen molar-refractivity contribution in [3.05, 3.63) is 34.1 Å². The predicted octanol–water partition coefficient (Wildman–Crippen LogP) is 3.35. The molecule has 72 valence electrons. The highest BCUT2D eigenvalue weighted by molar-refractivity contribution is 6.41. The minimum Gasteiger partial charge on any atom is -0.460 e. The van der Waals surface area contributed by atoms with E-state index < -0.39 is 0 Å². The first kappa shape index (κ1) is 9.49. The van der Waals surface area contributed by atoms with Crippen molar-refractivity contribution in [3.63, 3.8) is 0 Å². The van der Waals surface area contributed by atoms with Crippen LogP contribution >= 0.6 is 23.2 Å². The Morgan fingerprint density at radius 2 is 2.00 bits per heavy atom. The lowest BCUT2D eigenvalue weighted by atomic mass is 10.3. The summed E-state index contributed by atoms with van der Waals surface area (Å²) in [5.41, 5.74) is 0.576. The van der Waals surface area contributed by atoms with Gasteiger partial charge in [-0.1, -0.05) is 23.2 Å². The zero-order valence-electron chi connectivity index (χ0n) is 7.29. The van der Waals surface area contributed by atoms with Crippen molar-refractivity contribution in [2.45, 2.75) is 6.92 Å². The fraction of sp³-hybridized carbons (Fsp3) is 0.111. The summed E-state index contributed by atoms with van der Waals surface area (Å²) < 4.78 is 5.36. The van der Waals surface area contributed by atoms with E-state index >= 15 is 0 Å². The molecule has 2 heterocycles. The maximum absolute atomic E-state index is 5.79. The molecule has 2 aromatic heterocycles. The molecule has 0 radical (unpaired) electrons. The third kappa shape index (κ3) is 1.74. The van der Waals surface area contributed by atoms with Crippen LogP contribution in [0.25, 0.3) is 11.5 Å². The van der Waals surface area contributed by atoms with Crippen LogP contribution in [0, 0.1) is 6.92 Å². The van der Waals surface area contributed by atoms with Gasteiger partial charge >= 0.3 is 0 Å². The van der Waals surface area contributed by atoms with Crippen LogP contribution in [0.4, 0.5) is 0 Å². The average molecular weight is 229 g/mol. The molecule has 3 nitrogen and oxygen atoms in total. The SMILES string of the molecule is Cc1ccc(-c2cc(Cl)c(Cl)nn2)o1.